The summed E-state index contributed by atoms with van der Waals surface area (Å²) in [6, 6.07) is 4.09. The number of methoxy groups -OCH3 is 1. The number of carboxylic acids is 1. The van der Waals surface area contributed by atoms with Crippen LogP contribution in [0.2, 0.25) is 0 Å². The largest absolute Gasteiger partial charge is 0.550 e. The molecule has 0 saturated heterocycles. The van der Waals surface area contributed by atoms with E-state index in [0.29, 0.717) is 0 Å². The molecule has 1 aliphatic heterocycles. The monoisotopic (exact) mass is 397 g/mol. The number of hydrogen-bond acceptors (Lipinski definition) is 6. The first-order chi connectivity index (χ1) is 13.3. The van der Waals surface area contributed by atoms with Gasteiger partial charge in [-0.3, -0.25) is 4.90 Å². The molecule has 28 heavy (non-hydrogen) atoms. The van der Waals surface area contributed by atoms with Gasteiger partial charge in [-0.05, 0) is 25.8 Å². The van der Waals surface area contributed by atoms with Gasteiger partial charge >= 0.3 is 18.6 Å². The highest BCUT2D eigenvalue weighted by Gasteiger charge is 2.37. The number of urea groups is 1. The second-order valence-corrected chi connectivity index (χ2v) is 5.92. The number of ether oxygens (including phenoxy) is 2. The van der Waals surface area contributed by atoms with Gasteiger partial charge in [-0.1, -0.05) is 18.2 Å². The molecule has 1 atom stereocenters. The zero-order chi connectivity index (χ0) is 20.8. The highest BCUT2D eigenvalue weighted by atomic mass is 19.3. The van der Waals surface area contributed by atoms with Crippen molar-refractivity contribution in [2.75, 3.05) is 13.7 Å². The molecule has 0 aliphatic carbocycles. The van der Waals surface area contributed by atoms with Crippen LogP contribution in [0.15, 0.2) is 35.5 Å². The fourth-order valence-corrected chi connectivity index (χ4v) is 2.96. The number of halogens is 2. The van der Waals surface area contributed by atoms with Crippen LogP contribution in [0, 0.1) is 0 Å². The van der Waals surface area contributed by atoms with E-state index in [2.05, 4.69) is 10.1 Å². The van der Waals surface area contributed by atoms with Gasteiger partial charge in [0.25, 0.3) is 0 Å². The highest BCUT2D eigenvalue weighted by Crippen LogP contribution is 2.36. The van der Waals surface area contributed by atoms with Gasteiger partial charge in [0.2, 0.25) is 0 Å². The van der Waals surface area contributed by atoms with E-state index < -0.39 is 30.6 Å². The van der Waals surface area contributed by atoms with Crippen LogP contribution in [0.25, 0.3) is 0 Å². The van der Waals surface area contributed by atoms with Crippen molar-refractivity contribution in [1.29, 1.82) is 0 Å². The van der Waals surface area contributed by atoms with Crippen LogP contribution in [-0.2, 0) is 14.3 Å². The molecule has 0 aromatic heterocycles. The molecule has 2 amide bonds. The standard InChI is InChI=1S/C18H20F2N2O6/c1-10-14(16(25)27-2)15(11-6-3-4-7-12(11)28-17(19)20)21-18(26)22(10)9-5-8-13(23)24/h3-4,6-7,15,17H,5,8-9H2,1-2H3,(H,21,26)(H,23,24)/p-1/t15-/m1/s1. The number of alkyl halides is 2. The van der Waals surface area contributed by atoms with Gasteiger partial charge in [0.05, 0.1) is 18.7 Å². The van der Waals surface area contributed by atoms with Gasteiger partial charge in [-0.15, -0.1) is 0 Å². The summed E-state index contributed by atoms with van der Waals surface area (Å²) in [6.45, 7) is -1.57. The SMILES string of the molecule is COC(=O)C1=C(C)N(CCCC(=O)[O-])C(=O)N[C@@H]1c1ccccc1OC(F)F. The Labute approximate surface area is 159 Å². The molecule has 1 heterocycles. The number of nitrogens with zero attached hydrogens (tertiary/aromatic N) is 1. The van der Waals surface area contributed by atoms with Gasteiger partial charge in [0.15, 0.2) is 0 Å². The molecule has 0 saturated carbocycles. The summed E-state index contributed by atoms with van der Waals surface area (Å²) in [7, 11) is 1.15. The number of amides is 2. The van der Waals surface area contributed by atoms with Crippen molar-refractivity contribution in [3.63, 3.8) is 0 Å². The van der Waals surface area contributed by atoms with Crippen LogP contribution in [0.3, 0.4) is 0 Å². The first-order valence-electron chi connectivity index (χ1n) is 8.37. The summed E-state index contributed by atoms with van der Waals surface area (Å²) >= 11 is 0. The molecule has 1 N–H and O–H groups in total. The normalized spacial score (nSPS) is 16.8. The molecular formula is C18H19F2N2O6-. The quantitative estimate of drug-likeness (QED) is 0.663. The Bertz CT molecular complexity index is 796. The van der Waals surface area contributed by atoms with Gasteiger partial charge in [0.1, 0.15) is 5.75 Å². The van der Waals surface area contributed by atoms with Crippen LogP contribution in [0.4, 0.5) is 13.6 Å². The molecule has 1 aliphatic rings. The highest BCUT2D eigenvalue weighted by molar-refractivity contribution is 5.95. The topological polar surface area (TPSA) is 108 Å². The third-order valence-electron chi connectivity index (χ3n) is 4.21. The first-order valence-corrected chi connectivity index (χ1v) is 8.37. The number of para-hydroxylation sites is 1. The van der Waals surface area contributed by atoms with Gasteiger partial charge in [-0.2, -0.15) is 8.78 Å². The van der Waals surface area contributed by atoms with Crippen molar-refractivity contribution in [2.24, 2.45) is 0 Å². The van der Waals surface area contributed by atoms with Gasteiger partial charge in [0, 0.05) is 23.8 Å². The molecule has 8 nitrogen and oxygen atoms in total. The second kappa shape index (κ2) is 9.16. The predicted molar refractivity (Wildman–Crippen MR) is 90.0 cm³/mol. The summed E-state index contributed by atoms with van der Waals surface area (Å²) in [5, 5.41) is 13.2. The van der Waals surface area contributed by atoms with Crippen LogP contribution in [0.1, 0.15) is 31.4 Å². The van der Waals surface area contributed by atoms with Crippen molar-refractivity contribution in [1.82, 2.24) is 10.2 Å². The number of aliphatic carboxylic acids is 1. The third kappa shape index (κ3) is 4.76. The Morgan fingerprint density at radius 2 is 2.00 bits per heavy atom. The van der Waals surface area contributed by atoms with Gasteiger partial charge in [-0.25, -0.2) is 9.59 Å². The van der Waals surface area contributed by atoms with E-state index in [1.54, 1.807) is 6.07 Å². The summed E-state index contributed by atoms with van der Waals surface area (Å²) in [6.07, 6.45) is -0.156. The Kier molecular flexibility index (Phi) is 6.91. The van der Waals surface area contributed by atoms with E-state index in [0.717, 1.165) is 7.11 Å². The lowest BCUT2D eigenvalue weighted by Crippen LogP contribution is -2.48. The fraction of sp³-hybridized carbons (Fsp3) is 0.389. The lowest BCUT2D eigenvalue weighted by Gasteiger charge is -2.35. The van der Waals surface area contributed by atoms with Crippen LogP contribution in [0.5, 0.6) is 5.75 Å². The van der Waals surface area contributed by atoms with Crippen molar-refractivity contribution in [2.45, 2.75) is 32.4 Å². The lowest BCUT2D eigenvalue weighted by molar-refractivity contribution is -0.305. The third-order valence-corrected chi connectivity index (χ3v) is 4.21. The fourth-order valence-electron chi connectivity index (χ4n) is 2.96. The Hall–Kier alpha value is -3.17. The zero-order valence-corrected chi connectivity index (χ0v) is 15.2. The number of benzene rings is 1. The zero-order valence-electron chi connectivity index (χ0n) is 15.2. The number of carbonyl (C=O) groups excluding carboxylic acids is 3. The Balaban J connectivity index is 2.45. The van der Waals surface area contributed by atoms with Crippen molar-refractivity contribution < 1.29 is 37.7 Å². The minimum Gasteiger partial charge on any atom is -0.550 e. The molecule has 0 bridgehead atoms. The Morgan fingerprint density at radius 3 is 2.61 bits per heavy atom. The molecular weight excluding hydrogens is 378 g/mol. The minimum absolute atomic E-state index is 0.0219. The number of carboxylic acid groups (broad SMARTS) is 1. The summed E-state index contributed by atoms with van der Waals surface area (Å²) in [5.74, 6) is -2.22. The van der Waals surface area contributed by atoms with Crippen molar-refractivity contribution >= 4 is 18.0 Å². The smallest absolute Gasteiger partial charge is 0.387 e. The summed E-state index contributed by atoms with van der Waals surface area (Å²) in [5.41, 5.74) is 0.414. The molecule has 0 spiro atoms. The molecule has 2 rings (SSSR count). The van der Waals surface area contributed by atoms with Crippen LogP contribution < -0.4 is 15.2 Å². The molecule has 0 fully saturated rings. The van der Waals surface area contributed by atoms with E-state index in [-0.39, 0.29) is 42.0 Å². The number of hydrogen-bond donors (Lipinski definition) is 1. The minimum atomic E-state index is -3.09. The molecule has 1 aromatic carbocycles. The number of rotatable bonds is 8. The van der Waals surface area contributed by atoms with E-state index in [9.17, 15) is 28.3 Å². The van der Waals surface area contributed by atoms with Crippen LogP contribution >= 0.6 is 0 Å². The number of esters is 1. The molecule has 0 radical (unpaired) electrons. The first kappa shape index (κ1) is 21.1. The summed E-state index contributed by atoms with van der Waals surface area (Å²) < 4.78 is 34.8. The molecule has 1 aromatic rings. The maximum absolute atomic E-state index is 12.7. The average molecular weight is 397 g/mol. The number of carbonyl (C=O) groups is 3. The predicted octanol–water partition coefficient (Wildman–Crippen LogP) is 1.33. The second-order valence-electron chi connectivity index (χ2n) is 5.92. The molecule has 10 heteroatoms. The van der Waals surface area contributed by atoms with E-state index in [4.69, 9.17) is 4.74 Å². The average Bonchev–Trinajstić information content (AvgIpc) is 2.63. The maximum atomic E-state index is 12.7. The van der Waals surface area contributed by atoms with Crippen molar-refractivity contribution in [3.05, 3.63) is 41.1 Å². The van der Waals surface area contributed by atoms with E-state index in [1.165, 1.54) is 30.0 Å². The van der Waals surface area contributed by atoms with Crippen molar-refractivity contribution in [3.8, 4) is 5.75 Å². The summed E-state index contributed by atoms with van der Waals surface area (Å²) in [4.78, 5) is 36.7. The lowest BCUT2D eigenvalue weighted by atomic mass is 9.94. The molecule has 152 valence electrons. The maximum Gasteiger partial charge on any atom is 0.387 e. The number of nitrogens with one attached hydrogen (secondary N) is 1. The van der Waals surface area contributed by atoms with Gasteiger partial charge < -0.3 is 24.7 Å². The van der Waals surface area contributed by atoms with E-state index in [1.807, 2.05) is 0 Å². The number of allylic oxidation sites excluding steroid dienone is 1. The Morgan fingerprint density at radius 1 is 1.32 bits per heavy atom. The molecule has 0 unspecified atom stereocenters. The van der Waals surface area contributed by atoms with E-state index >= 15 is 0 Å². The van der Waals surface area contributed by atoms with Crippen LogP contribution in [-0.4, -0.2) is 43.1 Å².